The van der Waals surface area contributed by atoms with Gasteiger partial charge in [0.15, 0.2) is 0 Å². The van der Waals surface area contributed by atoms with Crippen LogP contribution in [0, 0.1) is 0 Å². The Bertz CT molecular complexity index is 17.8. The molecular formula is H18Cl3CoCrN6. The average Bonchev–Trinajstić information content (AvgIpc) is 0. The fraction of sp³-hybridized carbons (Fsp3) is 0. The minimum absolute atomic E-state index is 0. The zero-order valence-electron chi connectivity index (χ0n) is 6.12. The molecule has 0 aliphatic carbocycles. The van der Waals surface area contributed by atoms with E-state index in [0.29, 0.717) is 0 Å². The van der Waals surface area contributed by atoms with Gasteiger partial charge in [-0.3, -0.25) is 0 Å². The summed E-state index contributed by atoms with van der Waals surface area (Å²) in [6.45, 7) is 0. The van der Waals surface area contributed by atoms with Gasteiger partial charge in [0.05, 0.1) is 0 Å². The van der Waals surface area contributed by atoms with Gasteiger partial charge in [-0.05, 0) is 0 Å². The molecular weight excluding hydrogens is 301 g/mol. The first-order valence-corrected chi connectivity index (χ1v) is 0. The molecule has 11 heavy (non-hydrogen) atoms. The summed E-state index contributed by atoms with van der Waals surface area (Å²) < 4.78 is 0. The van der Waals surface area contributed by atoms with Crippen LogP contribution in [-0.2, 0) is 34.1 Å². The van der Waals surface area contributed by atoms with E-state index >= 15 is 0 Å². The molecule has 18 N–H and O–H groups in total. The van der Waals surface area contributed by atoms with E-state index in [1.165, 1.54) is 0 Å². The molecule has 0 aromatic rings. The summed E-state index contributed by atoms with van der Waals surface area (Å²) in [5.41, 5.74) is 0. The van der Waals surface area contributed by atoms with Gasteiger partial charge in [-0.15, -0.1) is 0 Å². The maximum absolute atomic E-state index is 0. The maximum Gasteiger partial charge on any atom is 3.00 e. The van der Waals surface area contributed by atoms with Crippen molar-refractivity contribution in [1.29, 1.82) is 0 Å². The van der Waals surface area contributed by atoms with Crippen molar-refractivity contribution in [3.8, 4) is 0 Å². The second-order valence-electron chi connectivity index (χ2n) is 0. The summed E-state index contributed by atoms with van der Waals surface area (Å²) in [4.78, 5) is 0. The van der Waals surface area contributed by atoms with Crippen LogP contribution < -0.4 is 74.1 Å². The molecule has 6 nitrogen and oxygen atoms in total. The number of halogens is 3. The minimum Gasteiger partial charge on any atom is -1.00 e. The molecule has 0 unspecified atom stereocenters. The van der Waals surface area contributed by atoms with Crippen LogP contribution in [0.2, 0.25) is 0 Å². The molecule has 0 saturated heterocycles. The van der Waals surface area contributed by atoms with Crippen molar-refractivity contribution in [2.75, 3.05) is 0 Å². The van der Waals surface area contributed by atoms with Gasteiger partial charge < -0.3 is 74.1 Å². The van der Waals surface area contributed by atoms with E-state index in [-0.39, 0.29) is 108 Å². The van der Waals surface area contributed by atoms with E-state index in [4.69, 9.17) is 0 Å². The largest absolute Gasteiger partial charge is 3.00 e. The molecule has 0 atom stereocenters. The van der Waals surface area contributed by atoms with Crippen LogP contribution in [0.1, 0.15) is 0 Å². The molecule has 0 bridgehead atoms. The number of hydrogen-bond donors (Lipinski definition) is 6. The van der Waals surface area contributed by atoms with Crippen molar-refractivity contribution < 1.29 is 71.4 Å². The topological polar surface area (TPSA) is 210 Å². The zero-order valence-corrected chi connectivity index (χ0v) is 10.7. The molecule has 0 aromatic carbocycles. The van der Waals surface area contributed by atoms with Gasteiger partial charge in [-0.25, -0.2) is 0 Å². The van der Waals surface area contributed by atoms with Crippen LogP contribution >= 0.6 is 0 Å². The molecule has 0 radical (unpaired) electrons. The van der Waals surface area contributed by atoms with Gasteiger partial charge in [0, 0.05) is 17.4 Å². The van der Waals surface area contributed by atoms with E-state index < -0.39 is 0 Å². The normalized spacial score (nSPS) is 0. The van der Waals surface area contributed by atoms with E-state index in [1.54, 1.807) is 0 Å². The maximum atomic E-state index is 0. The summed E-state index contributed by atoms with van der Waals surface area (Å²) in [5.74, 6) is 0. The fourth-order valence-corrected chi connectivity index (χ4v) is 0. The Morgan fingerprint density at radius 3 is 0.364 bits per heavy atom. The second-order valence-corrected chi connectivity index (χ2v) is 0. The molecule has 0 aromatic heterocycles. The Labute approximate surface area is 108 Å². The smallest absolute Gasteiger partial charge is 1.00 e. The molecule has 0 rings (SSSR count). The van der Waals surface area contributed by atoms with Crippen molar-refractivity contribution in [1.82, 2.24) is 36.9 Å². The standard InChI is InChI=1S/3ClH.Co.Cr.6H3N/h3*1H;;;6*1H3/q;;;+3;;;;;;;/p-3. The monoisotopic (exact) mass is 318 g/mol. The van der Waals surface area contributed by atoms with E-state index in [2.05, 4.69) is 0 Å². The summed E-state index contributed by atoms with van der Waals surface area (Å²) in [6, 6.07) is 0. The van der Waals surface area contributed by atoms with Gasteiger partial charge in [0.1, 0.15) is 0 Å². The zero-order chi connectivity index (χ0) is 0. The van der Waals surface area contributed by atoms with Crippen LogP contribution in [0.15, 0.2) is 0 Å². The Kier molecular flexibility index (Phi) is 26800. The van der Waals surface area contributed by atoms with Crippen LogP contribution in [-0.4, -0.2) is 0 Å². The molecule has 0 saturated carbocycles. The summed E-state index contributed by atoms with van der Waals surface area (Å²) in [5, 5.41) is 0. The third kappa shape index (κ3) is 392. The molecule has 0 aliphatic heterocycles. The van der Waals surface area contributed by atoms with Crippen LogP contribution in [0.3, 0.4) is 0 Å². The molecule has 0 spiro atoms. The predicted octanol–water partition coefficient (Wildman–Crippen LogP) is -8.02. The predicted molar refractivity (Wildman–Crippen MR) is 30.1 cm³/mol. The van der Waals surface area contributed by atoms with Crippen molar-refractivity contribution in [2.24, 2.45) is 0 Å². The number of hydrogen-bond acceptors (Lipinski definition) is 6. The molecule has 11 heteroatoms. The van der Waals surface area contributed by atoms with Crippen LogP contribution in [0.4, 0.5) is 0 Å². The first-order chi connectivity index (χ1) is 0. The van der Waals surface area contributed by atoms with Crippen molar-refractivity contribution in [3.05, 3.63) is 0 Å². The Balaban J connectivity index is 0. The van der Waals surface area contributed by atoms with Gasteiger partial charge in [-0.2, -0.15) is 0 Å². The summed E-state index contributed by atoms with van der Waals surface area (Å²) >= 11 is 0. The van der Waals surface area contributed by atoms with Crippen molar-refractivity contribution in [3.63, 3.8) is 0 Å². The molecule has 84 valence electrons. The van der Waals surface area contributed by atoms with E-state index in [9.17, 15) is 0 Å². The molecule has 0 amide bonds. The molecule has 0 aliphatic rings. The van der Waals surface area contributed by atoms with Gasteiger partial charge in [0.2, 0.25) is 0 Å². The van der Waals surface area contributed by atoms with E-state index in [1.807, 2.05) is 0 Å². The van der Waals surface area contributed by atoms with Crippen LogP contribution in [0.25, 0.3) is 0 Å². The van der Waals surface area contributed by atoms with Gasteiger partial charge in [0.25, 0.3) is 0 Å². The SMILES string of the molecule is N.N.N.N.N.N.[Cl-].[Cl-].[Cl-].[Co+3].[Cr]. The first-order valence-electron chi connectivity index (χ1n) is 0. The quantitative estimate of drug-likeness (QED) is 0.255. The molecule has 0 heterocycles. The minimum atomic E-state index is 0. The fourth-order valence-electron chi connectivity index (χ4n) is 0. The summed E-state index contributed by atoms with van der Waals surface area (Å²) in [6.07, 6.45) is 0. The first kappa shape index (κ1) is 619. The summed E-state index contributed by atoms with van der Waals surface area (Å²) in [7, 11) is 0. The Morgan fingerprint density at radius 1 is 0.364 bits per heavy atom. The van der Waals surface area contributed by atoms with Crippen LogP contribution in [0.5, 0.6) is 0 Å². The average molecular weight is 319 g/mol. The van der Waals surface area contributed by atoms with E-state index in [0.717, 1.165) is 0 Å². The second kappa shape index (κ2) is 477. The Hall–Kier alpha value is 1.67. The number of rotatable bonds is 0. The Morgan fingerprint density at radius 2 is 0.364 bits per heavy atom. The van der Waals surface area contributed by atoms with Crippen molar-refractivity contribution >= 4 is 0 Å². The van der Waals surface area contributed by atoms with Crippen molar-refractivity contribution in [2.45, 2.75) is 0 Å². The van der Waals surface area contributed by atoms with Gasteiger partial charge >= 0.3 is 16.8 Å². The van der Waals surface area contributed by atoms with Gasteiger partial charge in [-0.1, -0.05) is 0 Å². The third-order valence-electron chi connectivity index (χ3n) is 0. The third-order valence-corrected chi connectivity index (χ3v) is 0. The molecule has 0 fully saturated rings.